The Balaban J connectivity index is 1.66. The zero-order chi connectivity index (χ0) is 23.4. The average Bonchev–Trinajstić information content (AvgIpc) is 3.42. The van der Waals surface area contributed by atoms with Gasteiger partial charge in [-0.3, -0.25) is 14.9 Å². The first kappa shape index (κ1) is 22.4. The molecule has 0 aliphatic heterocycles. The topological polar surface area (TPSA) is 86.1 Å². The van der Waals surface area contributed by atoms with Crippen LogP contribution in [0.15, 0.2) is 60.1 Å². The smallest absolute Gasteiger partial charge is 0.311 e. The number of nitrogens with one attached hydrogen (secondary N) is 1. The molecule has 0 saturated carbocycles. The fraction of sp³-hybridized carbons (Fsp3) is 0.200. The van der Waals surface area contributed by atoms with Crippen LogP contribution in [-0.2, 0) is 16.0 Å². The van der Waals surface area contributed by atoms with Gasteiger partial charge < -0.3 is 4.74 Å². The lowest BCUT2D eigenvalue weighted by Crippen LogP contribution is -2.13. The van der Waals surface area contributed by atoms with Gasteiger partial charge in [-0.05, 0) is 38.5 Å². The normalized spacial score (nSPS) is 10.8. The third-order valence-corrected chi connectivity index (χ3v) is 5.83. The van der Waals surface area contributed by atoms with Gasteiger partial charge in [0.25, 0.3) is 5.91 Å². The number of anilines is 1. The molecule has 0 aliphatic rings. The van der Waals surface area contributed by atoms with Crippen molar-refractivity contribution in [2.75, 3.05) is 11.9 Å². The maximum atomic E-state index is 13.3. The third kappa shape index (κ3) is 5.18. The number of carbonyl (C=O) groups is 2. The van der Waals surface area contributed by atoms with Crippen LogP contribution in [0.5, 0.6) is 0 Å². The Kier molecular flexibility index (Phi) is 6.65. The summed E-state index contributed by atoms with van der Waals surface area (Å²) in [5.41, 5.74) is 5.51. The highest BCUT2D eigenvalue weighted by Gasteiger charge is 2.21. The Hall–Kier alpha value is -3.78. The van der Waals surface area contributed by atoms with Crippen molar-refractivity contribution in [2.45, 2.75) is 27.2 Å². The molecule has 8 heteroatoms. The van der Waals surface area contributed by atoms with Crippen molar-refractivity contribution < 1.29 is 14.3 Å². The molecule has 7 nitrogen and oxygen atoms in total. The molecule has 4 aromatic rings. The second kappa shape index (κ2) is 9.79. The molecule has 0 bridgehead atoms. The van der Waals surface area contributed by atoms with E-state index in [0.717, 1.165) is 22.4 Å². The molecule has 0 unspecified atom stereocenters. The van der Waals surface area contributed by atoms with Crippen molar-refractivity contribution >= 4 is 28.3 Å². The van der Waals surface area contributed by atoms with Crippen molar-refractivity contribution in [3.63, 3.8) is 0 Å². The van der Waals surface area contributed by atoms with E-state index in [1.165, 1.54) is 11.3 Å². The number of carbonyl (C=O) groups excluding carboxylic acids is 2. The first-order chi connectivity index (χ1) is 15.9. The van der Waals surface area contributed by atoms with E-state index in [1.54, 1.807) is 23.2 Å². The van der Waals surface area contributed by atoms with E-state index in [-0.39, 0.29) is 18.3 Å². The number of thiazole rings is 1. The molecule has 0 saturated heterocycles. The molecule has 1 amide bonds. The molecule has 2 heterocycles. The van der Waals surface area contributed by atoms with E-state index < -0.39 is 0 Å². The van der Waals surface area contributed by atoms with Crippen molar-refractivity contribution in [2.24, 2.45) is 0 Å². The van der Waals surface area contributed by atoms with E-state index in [4.69, 9.17) is 9.84 Å². The number of rotatable bonds is 7. The molecule has 2 aromatic carbocycles. The fourth-order valence-corrected chi connectivity index (χ4v) is 4.21. The van der Waals surface area contributed by atoms with Crippen molar-refractivity contribution in [3.05, 3.63) is 82.5 Å². The third-order valence-electron chi connectivity index (χ3n) is 5.02. The van der Waals surface area contributed by atoms with Gasteiger partial charge in [-0.25, -0.2) is 9.67 Å². The molecule has 0 fully saturated rings. The Morgan fingerprint density at radius 1 is 1.12 bits per heavy atom. The monoisotopic (exact) mass is 460 g/mol. The highest BCUT2D eigenvalue weighted by molar-refractivity contribution is 7.14. The minimum atomic E-state index is -0.345. The summed E-state index contributed by atoms with van der Waals surface area (Å²) >= 11 is 1.26. The molecule has 0 atom stereocenters. The van der Waals surface area contributed by atoms with Crippen LogP contribution < -0.4 is 5.32 Å². The molecular formula is C25H24N4O3S. The van der Waals surface area contributed by atoms with Gasteiger partial charge in [0, 0.05) is 17.1 Å². The molecular weight excluding hydrogens is 436 g/mol. The van der Waals surface area contributed by atoms with Gasteiger partial charge in [0.15, 0.2) is 5.13 Å². The molecule has 4 rings (SSSR count). The minimum absolute atomic E-state index is 0.0694. The van der Waals surface area contributed by atoms with Crippen LogP contribution in [0.25, 0.3) is 16.9 Å². The maximum absolute atomic E-state index is 13.3. The van der Waals surface area contributed by atoms with Crippen molar-refractivity contribution in [1.82, 2.24) is 14.8 Å². The molecule has 168 valence electrons. The summed E-state index contributed by atoms with van der Waals surface area (Å²) < 4.78 is 6.67. The Bertz CT molecular complexity index is 1290. The van der Waals surface area contributed by atoms with Crippen LogP contribution in [0.3, 0.4) is 0 Å². The number of ether oxygens (including phenoxy) is 1. The number of para-hydroxylation sites is 1. The second-order valence-electron chi connectivity index (χ2n) is 7.57. The quantitative estimate of drug-likeness (QED) is 0.394. The molecule has 0 radical (unpaired) electrons. The summed E-state index contributed by atoms with van der Waals surface area (Å²) in [5, 5.41) is 9.76. The van der Waals surface area contributed by atoms with Crippen LogP contribution in [0.2, 0.25) is 0 Å². The van der Waals surface area contributed by atoms with Gasteiger partial charge in [0.1, 0.15) is 5.69 Å². The number of aryl methyl sites for hydroxylation is 2. The van der Waals surface area contributed by atoms with Crippen LogP contribution >= 0.6 is 11.3 Å². The highest BCUT2D eigenvalue weighted by atomic mass is 32.1. The van der Waals surface area contributed by atoms with E-state index in [9.17, 15) is 9.59 Å². The predicted octanol–water partition coefficient (Wildman–Crippen LogP) is 4.97. The van der Waals surface area contributed by atoms with Crippen LogP contribution in [0.4, 0.5) is 5.13 Å². The summed E-state index contributed by atoms with van der Waals surface area (Å²) in [7, 11) is 0. The Morgan fingerprint density at radius 2 is 1.91 bits per heavy atom. The van der Waals surface area contributed by atoms with Gasteiger partial charge in [-0.1, -0.05) is 42.0 Å². The standard InChI is InChI=1S/C25H24N4O3S/c1-4-32-22(30)13-18-15-33-25(26-18)27-24(31)21-14-29(19-8-6-5-7-9-19)28-23(21)20-11-10-16(2)12-17(20)3/h5-12,14-15H,4,13H2,1-3H3,(H,26,27,31). The number of hydrogen-bond donors (Lipinski definition) is 1. The number of amides is 1. The van der Waals surface area contributed by atoms with Crippen molar-refractivity contribution in [1.29, 1.82) is 0 Å². The summed E-state index contributed by atoms with van der Waals surface area (Å²) in [6, 6.07) is 15.7. The second-order valence-corrected chi connectivity index (χ2v) is 8.43. The first-order valence-electron chi connectivity index (χ1n) is 10.6. The maximum Gasteiger partial charge on any atom is 0.311 e. The number of hydrogen-bond acceptors (Lipinski definition) is 6. The summed E-state index contributed by atoms with van der Waals surface area (Å²) in [5.74, 6) is -0.661. The summed E-state index contributed by atoms with van der Waals surface area (Å²) in [6.45, 7) is 6.12. The van der Waals surface area contributed by atoms with Crippen LogP contribution in [0.1, 0.15) is 34.1 Å². The Labute approximate surface area is 196 Å². The van der Waals surface area contributed by atoms with Gasteiger partial charge in [0.05, 0.1) is 30.0 Å². The number of aromatic nitrogens is 3. The molecule has 2 aromatic heterocycles. The van der Waals surface area contributed by atoms with Gasteiger partial charge >= 0.3 is 5.97 Å². The van der Waals surface area contributed by atoms with E-state index in [1.807, 2.05) is 56.3 Å². The predicted molar refractivity (Wildman–Crippen MR) is 129 cm³/mol. The van der Waals surface area contributed by atoms with E-state index in [2.05, 4.69) is 16.4 Å². The van der Waals surface area contributed by atoms with Crippen molar-refractivity contribution in [3.8, 4) is 16.9 Å². The fourth-order valence-electron chi connectivity index (χ4n) is 3.50. The lowest BCUT2D eigenvalue weighted by atomic mass is 10.0. The molecule has 33 heavy (non-hydrogen) atoms. The zero-order valence-corrected chi connectivity index (χ0v) is 19.5. The average molecular weight is 461 g/mol. The van der Waals surface area contributed by atoms with Gasteiger partial charge in [0.2, 0.25) is 0 Å². The Morgan fingerprint density at radius 3 is 2.64 bits per heavy atom. The molecule has 0 aliphatic carbocycles. The summed E-state index contributed by atoms with van der Waals surface area (Å²) in [6.07, 6.45) is 1.80. The summed E-state index contributed by atoms with van der Waals surface area (Å²) in [4.78, 5) is 29.3. The van der Waals surface area contributed by atoms with Crippen LogP contribution in [-0.4, -0.2) is 33.2 Å². The SMILES string of the molecule is CCOC(=O)Cc1csc(NC(=O)c2cn(-c3ccccc3)nc2-c2ccc(C)cc2C)n1. The van der Waals surface area contributed by atoms with E-state index in [0.29, 0.717) is 28.7 Å². The zero-order valence-electron chi connectivity index (χ0n) is 18.7. The minimum Gasteiger partial charge on any atom is -0.466 e. The number of esters is 1. The molecule has 0 spiro atoms. The van der Waals surface area contributed by atoms with Gasteiger partial charge in [-0.15, -0.1) is 11.3 Å². The van der Waals surface area contributed by atoms with Gasteiger partial charge in [-0.2, -0.15) is 5.10 Å². The molecule has 1 N–H and O–H groups in total. The number of benzene rings is 2. The van der Waals surface area contributed by atoms with Crippen LogP contribution in [0, 0.1) is 13.8 Å². The lowest BCUT2D eigenvalue weighted by molar-refractivity contribution is -0.142. The highest BCUT2D eigenvalue weighted by Crippen LogP contribution is 2.28. The number of nitrogens with zero attached hydrogens (tertiary/aromatic N) is 3. The largest absolute Gasteiger partial charge is 0.466 e. The van der Waals surface area contributed by atoms with E-state index >= 15 is 0 Å². The first-order valence-corrected chi connectivity index (χ1v) is 11.5. The lowest BCUT2D eigenvalue weighted by Gasteiger charge is -2.07.